The zero-order valence-electron chi connectivity index (χ0n) is 13.8. The molecule has 2 heterocycles. The van der Waals surface area contributed by atoms with E-state index in [-0.39, 0.29) is 6.04 Å². The highest BCUT2D eigenvalue weighted by molar-refractivity contribution is 7.07. The molecule has 5 heteroatoms. The third kappa shape index (κ3) is 3.67. The molecule has 1 aliphatic heterocycles. The maximum absolute atomic E-state index is 5.75. The Bertz CT molecular complexity index is 705. The minimum atomic E-state index is 0.182. The monoisotopic (exact) mass is 332 g/mol. The summed E-state index contributed by atoms with van der Waals surface area (Å²) in [6, 6.07) is 8.42. The molecule has 1 unspecified atom stereocenters. The van der Waals surface area contributed by atoms with Gasteiger partial charge < -0.3 is 14.0 Å². The standard InChI is InChI=1S/C18H24N2O2S/c1-3-6-14-13-23-18(20(14)10-12-21-2)19-16-9-11-22-17-8-5-4-7-15(16)17/h4-5,7-8,13,16H,3,6,9-12H2,1-2H3. The van der Waals surface area contributed by atoms with Crippen molar-refractivity contribution in [2.75, 3.05) is 20.3 Å². The fourth-order valence-electron chi connectivity index (χ4n) is 2.93. The van der Waals surface area contributed by atoms with Gasteiger partial charge in [-0.1, -0.05) is 31.5 Å². The Morgan fingerprint density at radius 1 is 1.39 bits per heavy atom. The third-order valence-electron chi connectivity index (χ3n) is 4.10. The number of aryl methyl sites for hydroxylation is 1. The second-order valence-electron chi connectivity index (χ2n) is 5.72. The van der Waals surface area contributed by atoms with Crippen molar-refractivity contribution in [1.82, 2.24) is 4.57 Å². The summed E-state index contributed by atoms with van der Waals surface area (Å²) in [4.78, 5) is 6.15. The van der Waals surface area contributed by atoms with Crippen LogP contribution in [0, 0.1) is 0 Å². The Kier molecular flexibility index (Phi) is 5.51. The SMILES string of the molecule is CCCc1csc(=NC2CCOc3ccccc32)n1CCOC. The second-order valence-corrected chi connectivity index (χ2v) is 6.56. The second kappa shape index (κ2) is 7.79. The van der Waals surface area contributed by atoms with Crippen molar-refractivity contribution in [3.8, 4) is 5.75 Å². The van der Waals surface area contributed by atoms with Crippen molar-refractivity contribution in [3.63, 3.8) is 0 Å². The number of fused-ring (bicyclic) bond motifs is 1. The number of nitrogens with zero attached hydrogens (tertiary/aromatic N) is 2. The molecule has 1 aliphatic rings. The molecule has 4 nitrogen and oxygen atoms in total. The van der Waals surface area contributed by atoms with Gasteiger partial charge in [-0.15, -0.1) is 11.3 Å². The number of hydrogen-bond donors (Lipinski definition) is 0. The number of rotatable bonds is 6. The van der Waals surface area contributed by atoms with Gasteiger partial charge in [0.05, 0.1) is 19.3 Å². The molecule has 1 aromatic carbocycles. The lowest BCUT2D eigenvalue weighted by Gasteiger charge is -2.22. The van der Waals surface area contributed by atoms with E-state index in [9.17, 15) is 0 Å². The van der Waals surface area contributed by atoms with Crippen molar-refractivity contribution in [2.24, 2.45) is 4.99 Å². The number of thiazole rings is 1. The smallest absolute Gasteiger partial charge is 0.185 e. The molecule has 23 heavy (non-hydrogen) atoms. The molecule has 1 aromatic heterocycles. The Morgan fingerprint density at radius 2 is 2.26 bits per heavy atom. The Labute approximate surface area is 141 Å². The van der Waals surface area contributed by atoms with Crippen molar-refractivity contribution in [2.45, 2.75) is 38.8 Å². The zero-order valence-corrected chi connectivity index (χ0v) is 14.6. The topological polar surface area (TPSA) is 35.8 Å². The van der Waals surface area contributed by atoms with Gasteiger partial charge in [-0.05, 0) is 12.5 Å². The molecular formula is C18H24N2O2S. The highest BCUT2D eigenvalue weighted by Crippen LogP contribution is 2.33. The van der Waals surface area contributed by atoms with E-state index in [1.54, 1.807) is 18.4 Å². The van der Waals surface area contributed by atoms with Crippen LogP contribution in [0.4, 0.5) is 0 Å². The van der Waals surface area contributed by atoms with Crippen LogP contribution in [0.5, 0.6) is 5.75 Å². The highest BCUT2D eigenvalue weighted by Gasteiger charge is 2.20. The fraction of sp³-hybridized carbons (Fsp3) is 0.500. The highest BCUT2D eigenvalue weighted by atomic mass is 32.1. The molecule has 0 fully saturated rings. The van der Waals surface area contributed by atoms with E-state index in [0.717, 1.165) is 43.0 Å². The van der Waals surface area contributed by atoms with Crippen LogP contribution in [0.25, 0.3) is 0 Å². The van der Waals surface area contributed by atoms with Crippen LogP contribution in [0.1, 0.15) is 37.1 Å². The lowest BCUT2D eigenvalue weighted by molar-refractivity contribution is 0.185. The molecule has 124 valence electrons. The first-order valence-electron chi connectivity index (χ1n) is 8.25. The fourth-order valence-corrected chi connectivity index (χ4v) is 3.94. The van der Waals surface area contributed by atoms with E-state index in [1.807, 2.05) is 12.1 Å². The van der Waals surface area contributed by atoms with Gasteiger partial charge >= 0.3 is 0 Å². The van der Waals surface area contributed by atoms with Crippen molar-refractivity contribution >= 4 is 11.3 Å². The maximum Gasteiger partial charge on any atom is 0.185 e. The molecule has 0 radical (unpaired) electrons. The van der Waals surface area contributed by atoms with Gasteiger partial charge in [0, 0.05) is 36.7 Å². The Morgan fingerprint density at radius 3 is 3.09 bits per heavy atom. The molecule has 0 bridgehead atoms. The van der Waals surface area contributed by atoms with Crippen LogP contribution < -0.4 is 9.54 Å². The summed E-state index contributed by atoms with van der Waals surface area (Å²) in [6.45, 7) is 4.52. The molecule has 0 saturated heterocycles. The molecule has 0 saturated carbocycles. The lowest BCUT2D eigenvalue weighted by Crippen LogP contribution is -2.22. The van der Waals surface area contributed by atoms with E-state index in [0.29, 0.717) is 6.61 Å². The number of hydrogen-bond acceptors (Lipinski definition) is 4. The van der Waals surface area contributed by atoms with E-state index >= 15 is 0 Å². The van der Waals surface area contributed by atoms with E-state index < -0.39 is 0 Å². The Hall–Kier alpha value is -1.59. The van der Waals surface area contributed by atoms with Crippen LogP contribution in [-0.4, -0.2) is 24.9 Å². The van der Waals surface area contributed by atoms with Gasteiger partial charge in [0.2, 0.25) is 0 Å². The molecule has 2 aromatic rings. The molecule has 0 spiro atoms. The van der Waals surface area contributed by atoms with E-state index in [1.165, 1.54) is 11.3 Å². The molecule has 0 N–H and O–H groups in total. The van der Waals surface area contributed by atoms with Gasteiger partial charge in [-0.25, -0.2) is 0 Å². The number of aromatic nitrogens is 1. The summed E-state index contributed by atoms with van der Waals surface area (Å²) in [5.41, 5.74) is 2.55. The van der Waals surface area contributed by atoms with Crippen LogP contribution in [0.3, 0.4) is 0 Å². The number of benzene rings is 1. The molecule has 0 aliphatic carbocycles. The zero-order chi connectivity index (χ0) is 16.1. The Balaban J connectivity index is 1.96. The van der Waals surface area contributed by atoms with Gasteiger partial charge in [0.15, 0.2) is 4.80 Å². The summed E-state index contributed by atoms with van der Waals surface area (Å²) in [7, 11) is 1.75. The quantitative estimate of drug-likeness (QED) is 0.811. The number of para-hydroxylation sites is 1. The van der Waals surface area contributed by atoms with Crippen molar-refractivity contribution < 1.29 is 9.47 Å². The summed E-state index contributed by atoms with van der Waals surface area (Å²) in [6.07, 6.45) is 3.16. The first kappa shape index (κ1) is 16.3. The van der Waals surface area contributed by atoms with Gasteiger partial charge in [0.25, 0.3) is 0 Å². The molecular weight excluding hydrogens is 308 g/mol. The van der Waals surface area contributed by atoms with Crippen molar-refractivity contribution in [3.05, 3.63) is 45.7 Å². The summed E-state index contributed by atoms with van der Waals surface area (Å²) >= 11 is 1.73. The number of methoxy groups -OCH3 is 1. The van der Waals surface area contributed by atoms with Crippen LogP contribution >= 0.6 is 11.3 Å². The predicted octanol–water partition coefficient (Wildman–Crippen LogP) is 3.57. The number of ether oxygens (including phenoxy) is 2. The largest absolute Gasteiger partial charge is 0.493 e. The average molecular weight is 332 g/mol. The first-order valence-corrected chi connectivity index (χ1v) is 9.13. The molecule has 1 atom stereocenters. The maximum atomic E-state index is 5.75. The van der Waals surface area contributed by atoms with E-state index in [4.69, 9.17) is 14.5 Å². The van der Waals surface area contributed by atoms with Gasteiger partial charge in [-0.2, -0.15) is 0 Å². The average Bonchev–Trinajstić information content (AvgIpc) is 2.95. The third-order valence-corrected chi connectivity index (χ3v) is 5.02. The van der Waals surface area contributed by atoms with E-state index in [2.05, 4.69) is 29.0 Å². The van der Waals surface area contributed by atoms with Crippen LogP contribution in [0.2, 0.25) is 0 Å². The molecule has 0 amide bonds. The minimum absolute atomic E-state index is 0.182. The summed E-state index contributed by atoms with van der Waals surface area (Å²) < 4.78 is 13.3. The minimum Gasteiger partial charge on any atom is -0.493 e. The van der Waals surface area contributed by atoms with Gasteiger partial charge in [0.1, 0.15) is 5.75 Å². The normalized spacial score (nSPS) is 17.8. The molecule has 3 rings (SSSR count). The first-order chi connectivity index (χ1) is 11.3. The van der Waals surface area contributed by atoms with Gasteiger partial charge in [-0.3, -0.25) is 4.99 Å². The van der Waals surface area contributed by atoms with Crippen LogP contribution in [-0.2, 0) is 17.7 Å². The summed E-state index contributed by atoms with van der Waals surface area (Å²) in [5.74, 6) is 0.973. The lowest BCUT2D eigenvalue weighted by atomic mass is 10.0. The van der Waals surface area contributed by atoms with Crippen molar-refractivity contribution in [1.29, 1.82) is 0 Å². The van der Waals surface area contributed by atoms with Crippen LogP contribution in [0.15, 0.2) is 34.6 Å². The predicted molar refractivity (Wildman–Crippen MR) is 93.0 cm³/mol. The summed E-state index contributed by atoms with van der Waals surface area (Å²) in [5, 5.41) is 2.24.